The zero-order valence-corrected chi connectivity index (χ0v) is 12.7. The van der Waals surface area contributed by atoms with E-state index < -0.39 is 0 Å². The lowest BCUT2D eigenvalue weighted by Crippen LogP contribution is -2.22. The van der Waals surface area contributed by atoms with E-state index in [4.69, 9.17) is 0 Å². The third-order valence-electron chi connectivity index (χ3n) is 2.75. The summed E-state index contributed by atoms with van der Waals surface area (Å²) in [6.07, 6.45) is 2.35. The van der Waals surface area contributed by atoms with E-state index in [0.717, 1.165) is 24.1 Å². The minimum Gasteiger partial charge on any atom is -0.374 e. The molecular weight excluding hydrogens is 276 g/mol. The van der Waals surface area contributed by atoms with Gasteiger partial charge in [0, 0.05) is 30.3 Å². The summed E-state index contributed by atoms with van der Waals surface area (Å²) in [6, 6.07) is 6.53. The molecule has 0 unspecified atom stereocenters. The third-order valence-corrected chi connectivity index (χ3v) is 3.25. The maximum Gasteiger partial charge on any atom is 0.0410 e. The van der Waals surface area contributed by atoms with E-state index in [0.29, 0.717) is 0 Å². The van der Waals surface area contributed by atoms with Crippen LogP contribution in [0.15, 0.2) is 22.7 Å². The van der Waals surface area contributed by atoms with Gasteiger partial charge in [0.15, 0.2) is 0 Å². The van der Waals surface area contributed by atoms with E-state index in [1.54, 1.807) is 0 Å². The second-order valence-corrected chi connectivity index (χ2v) is 5.29. The first kappa shape index (κ1) is 14.5. The van der Waals surface area contributed by atoms with E-state index in [9.17, 15) is 0 Å². The highest BCUT2D eigenvalue weighted by Crippen LogP contribution is 2.24. The Morgan fingerprint density at radius 2 is 2.00 bits per heavy atom. The van der Waals surface area contributed by atoms with E-state index in [1.165, 1.54) is 24.1 Å². The number of nitrogens with zero attached hydrogens (tertiary/aromatic N) is 1. The largest absolute Gasteiger partial charge is 0.374 e. The summed E-state index contributed by atoms with van der Waals surface area (Å²) in [4.78, 5) is 2.33. The topological polar surface area (TPSA) is 15.3 Å². The maximum atomic E-state index is 3.55. The molecule has 96 valence electrons. The average Bonchev–Trinajstić information content (AvgIpc) is 2.30. The van der Waals surface area contributed by atoms with Crippen LogP contribution in [-0.2, 0) is 6.54 Å². The number of nitrogens with one attached hydrogen (secondary N) is 1. The Hall–Kier alpha value is -0.540. The molecule has 0 spiro atoms. The molecule has 0 heterocycles. The van der Waals surface area contributed by atoms with Crippen molar-refractivity contribution in [3.8, 4) is 0 Å². The molecule has 0 amide bonds. The standard InChI is InChI=1S/C14H23BrN2/c1-4-8-16-11-12-10-13(15)6-7-14(12)17(3)9-5-2/h6-7,10,16H,4-5,8-9,11H2,1-3H3. The number of halogens is 1. The Labute approximate surface area is 114 Å². The maximum absolute atomic E-state index is 3.55. The van der Waals surface area contributed by atoms with Crippen LogP contribution >= 0.6 is 15.9 Å². The number of anilines is 1. The number of hydrogen-bond acceptors (Lipinski definition) is 2. The van der Waals surface area contributed by atoms with E-state index in [-0.39, 0.29) is 0 Å². The van der Waals surface area contributed by atoms with Gasteiger partial charge in [-0.05, 0) is 43.1 Å². The van der Waals surface area contributed by atoms with Gasteiger partial charge in [-0.1, -0.05) is 29.8 Å². The van der Waals surface area contributed by atoms with Crippen molar-refractivity contribution in [1.82, 2.24) is 5.32 Å². The molecule has 0 aromatic heterocycles. The second-order valence-electron chi connectivity index (χ2n) is 4.37. The fourth-order valence-electron chi connectivity index (χ4n) is 1.92. The fraction of sp³-hybridized carbons (Fsp3) is 0.571. The van der Waals surface area contributed by atoms with Crippen LogP contribution in [0.3, 0.4) is 0 Å². The van der Waals surface area contributed by atoms with Crippen LogP contribution in [0.5, 0.6) is 0 Å². The molecule has 0 aliphatic heterocycles. The van der Waals surface area contributed by atoms with E-state index in [1.807, 2.05) is 0 Å². The van der Waals surface area contributed by atoms with Gasteiger partial charge in [-0.2, -0.15) is 0 Å². The van der Waals surface area contributed by atoms with Gasteiger partial charge in [0.05, 0.1) is 0 Å². The van der Waals surface area contributed by atoms with Gasteiger partial charge in [0.1, 0.15) is 0 Å². The molecule has 1 aromatic carbocycles. The first-order valence-corrected chi connectivity index (χ1v) is 7.18. The molecule has 1 aromatic rings. The summed E-state index contributed by atoms with van der Waals surface area (Å²) < 4.78 is 1.15. The Bertz CT molecular complexity index is 339. The summed E-state index contributed by atoms with van der Waals surface area (Å²) in [5, 5.41) is 3.47. The van der Waals surface area contributed by atoms with Crippen molar-refractivity contribution in [2.45, 2.75) is 33.2 Å². The Morgan fingerprint density at radius 3 is 2.65 bits per heavy atom. The van der Waals surface area contributed by atoms with Crippen LogP contribution in [0.25, 0.3) is 0 Å². The summed E-state index contributed by atoms with van der Waals surface area (Å²) in [7, 11) is 2.16. The van der Waals surface area contributed by atoms with Crippen molar-refractivity contribution < 1.29 is 0 Å². The Balaban J connectivity index is 2.79. The molecule has 0 aliphatic carbocycles. The molecule has 0 bridgehead atoms. The van der Waals surface area contributed by atoms with Gasteiger partial charge in [-0.25, -0.2) is 0 Å². The van der Waals surface area contributed by atoms with Crippen LogP contribution in [0.2, 0.25) is 0 Å². The molecule has 2 nitrogen and oxygen atoms in total. The SMILES string of the molecule is CCCNCc1cc(Br)ccc1N(C)CCC. The monoisotopic (exact) mass is 298 g/mol. The Kier molecular flexibility index (Phi) is 6.60. The average molecular weight is 299 g/mol. The highest BCUT2D eigenvalue weighted by atomic mass is 79.9. The fourth-order valence-corrected chi connectivity index (χ4v) is 2.33. The van der Waals surface area contributed by atoms with Crippen LogP contribution in [0.1, 0.15) is 32.3 Å². The number of hydrogen-bond donors (Lipinski definition) is 1. The highest BCUT2D eigenvalue weighted by Gasteiger charge is 2.07. The molecule has 17 heavy (non-hydrogen) atoms. The smallest absolute Gasteiger partial charge is 0.0410 e. The lowest BCUT2D eigenvalue weighted by Gasteiger charge is -2.22. The predicted molar refractivity (Wildman–Crippen MR) is 79.7 cm³/mol. The van der Waals surface area contributed by atoms with Crippen LogP contribution in [0, 0.1) is 0 Å². The quantitative estimate of drug-likeness (QED) is 0.771. The molecule has 1 N–H and O–H groups in total. The van der Waals surface area contributed by atoms with Crippen molar-refractivity contribution in [2.24, 2.45) is 0 Å². The molecule has 1 rings (SSSR count). The molecule has 0 aliphatic rings. The van der Waals surface area contributed by atoms with Gasteiger partial charge < -0.3 is 10.2 Å². The normalized spacial score (nSPS) is 10.6. The van der Waals surface area contributed by atoms with Gasteiger partial charge in [-0.15, -0.1) is 0 Å². The van der Waals surface area contributed by atoms with Gasteiger partial charge >= 0.3 is 0 Å². The lowest BCUT2D eigenvalue weighted by molar-refractivity contribution is 0.673. The minimum absolute atomic E-state index is 0.941. The van der Waals surface area contributed by atoms with Crippen LogP contribution in [-0.4, -0.2) is 20.1 Å². The van der Waals surface area contributed by atoms with Crippen LogP contribution in [0.4, 0.5) is 5.69 Å². The van der Waals surface area contributed by atoms with Crippen molar-refractivity contribution in [2.75, 3.05) is 25.0 Å². The molecule has 0 saturated heterocycles. The first-order valence-electron chi connectivity index (χ1n) is 6.39. The summed E-state index contributed by atoms with van der Waals surface area (Å²) in [6.45, 7) is 7.52. The lowest BCUT2D eigenvalue weighted by atomic mass is 10.1. The third kappa shape index (κ3) is 4.68. The van der Waals surface area contributed by atoms with Crippen molar-refractivity contribution >= 4 is 21.6 Å². The molecule has 0 fully saturated rings. The van der Waals surface area contributed by atoms with Gasteiger partial charge in [0.2, 0.25) is 0 Å². The van der Waals surface area contributed by atoms with Crippen LogP contribution < -0.4 is 10.2 Å². The van der Waals surface area contributed by atoms with Gasteiger partial charge in [-0.3, -0.25) is 0 Å². The first-order chi connectivity index (χ1) is 8.19. The molecule has 0 saturated carbocycles. The van der Waals surface area contributed by atoms with E-state index >= 15 is 0 Å². The second kappa shape index (κ2) is 7.72. The highest BCUT2D eigenvalue weighted by molar-refractivity contribution is 9.10. The zero-order chi connectivity index (χ0) is 12.7. The molecule has 3 heteroatoms. The van der Waals surface area contributed by atoms with Crippen molar-refractivity contribution in [1.29, 1.82) is 0 Å². The van der Waals surface area contributed by atoms with Crippen molar-refractivity contribution in [3.63, 3.8) is 0 Å². The van der Waals surface area contributed by atoms with E-state index in [2.05, 4.69) is 65.2 Å². The molecular formula is C14H23BrN2. The Morgan fingerprint density at radius 1 is 1.24 bits per heavy atom. The number of benzene rings is 1. The van der Waals surface area contributed by atoms with Gasteiger partial charge in [0.25, 0.3) is 0 Å². The summed E-state index contributed by atoms with van der Waals surface area (Å²) in [5.41, 5.74) is 2.70. The summed E-state index contributed by atoms with van der Waals surface area (Å²) in [5.74, 6) is 0. The zero-order valence-electron chi connectivity index (χ0n) is 11.1. The molecule has 0 radical (unpaired) electrons. The number of rotatable bonds is 7. The summed E-state index contributed by atoms with van der Waals surface area (Å²) >= 11 is 3.55. The predicted octanol–water partition coefficient (Wildman–Crippen LogP) is 3.79. The molecule has 0 atom stereocenters. The van der Waals surface area contributed by atoms with Crippen molar-refractivity contribution in [3.05, 3.63) is 28.2 Å². The minimum atomic E-state index is 0.941.